The molecule has 31 heavy (non-hydrogen) atoms. The van der Waals surface area contributed by atoms with Gasteiger partial charge in [-0.05, 0) is 24.6 Å². The van der Waals surface area contributed by atoms with Crippen molar-refractivity contribution in [3.8, 4) is 11.8 Å². The summed E-state index contributed by atoms with van der Waals surface area (Å²) in [5, 5.41) is 12.3. The van der Waals surface area contributed by atoms with Gasteiger partial charge in [-0.25, -0.2) is 4.79 Å². The van der Waals surface area contributed by atoms with Crippen LogP contribution in [-0.2, 0) is 9.53 Å². The van der Waals surface area contributed by atoms with Crippen LogP contribution in [0.25, 0.3) is 5.70 Å². The predicted octanol–water partition coefficient (Wildman–Crippen LogP) is 4.64. The van der Waals surface area contributed by atoms with Crippen molar-refractivity contribution in [1.29, 1.82) is 5.26 Å². The number of esters is 1. The van der Waals surface area contributed by atoms with Crippen molar-refractivity contribution in [2.75, 3.05) is 13.7 Å². The van der Waals surface area contributed by atoms with Crippen molar-refractivity contribution < 1.29 is 19.1 Å². The number of ether oxygens (including phenoxy) is 2. The predicted molar refractivity (Wildman–Crippen MR) is 116 cm³/mol. The van der Waals surface area contributed by atoms with E-state index in [-0.39, 0.29) is 28.2 Å². The molecule has 1 heterocycles. The minimum absolute atomic E-state index is 0.165. The zero-order valence-corrected chi connectivity index (χ0v) is 18.1. The lowest BCUT2D eigenvalue weighted by Gasteiger charge is -2.29. The summed E-state index contributed by atoms with van der Waals surface area (Å²) >= 11 is 12.8. The Hall–Kier alpha value is -3.27. The minimum atomic E-state index is -0.747. The second kappa shape index (κ2) is 8.10. The van der Waals surface area contributed by atoms with Crippen LogP contribution in [0, 0.1) is 11.3 Å². The van der Waals surface area contributed by atoms with Crippen LogP contribution in [0.1, 0.15) is 34.3 Å². The number of dihydropyridines is 1. The number of halogens is 2. The molecule has 0 saturated heterocycles. The Morgan fingerprint density at radius 3 is 2.45 bits per heavy atom. The number of carbonyl (C=O) groups is 2. The van der Waals surface area contributed by atoms with E-state index < -0.39 is 11.9 Å². The third-order valence-electron chi connectivity index (χ3n) is 5.29. The van der Waals surface area contributed by atoms with E-state index >= 15 is 0 Å². The van der Waals surface area contributed by atoms with Crippen LogP contribution in [0.5, 0.6) is 5.75 Å². The number of rotatable bonds is 4. The normalized spacial score (nSPS) is 17.0. The molecule has 0 saturated carbocycles. The summed E-state index contributed by atoms with van der Waals surface area (Å²) in [5.41, 5.74) is 3.78. The summed E-state index contributed by atoms with van der Waals surface area (Å²) < 4.78 is 10.3. The number of hydrogen-bond donors (Lipinski definition) is 1. The second-order valence-corrected chi connectivity index (χ2v) is 7.83. The van der Waals surface area contributed by atoms with E-state index in [0.29, 0.717) is 33.7 Å². The molecule has 1 atom stereocenters. The molecule has 2 aromatic rings. The maximum absolute atomic E-state index is 13.4. The molecule has 1 N–H and O–H groups in total. The number of Topliss-reactive ketones (excluding diaryl/α,β-unsaturated/α-hetero) is 1. The molecule has 0 unspecified atom stereocenters. The summed E-state index contributed by atoms with van der Waals surface area (Å²) in [6.07, 6.45) is 0. The van der Waals surface area contributed by atoms with E-state index in [1.54, 1.807) is 31.2 Å². The Morgan fingerprint density at radius 1 is 1.19 bits per heavy atom. The molecule has 0 spiro atoms. The van der Waals surface area contributed by atoms with Crippen molar-refractivity contribution in [1.82, 2.24) is 5.32 Å². The van der Waals surface area contributed by atoms with E-state index in [4.69, 9.17) is 37.9 Å². The topological polar surface area (TPSA) is 88.4 Å². The van der Waals surface area contributed by atoms with Crippen molar-refractivity contribution in [3.63, 3.8) is 0 Å². The highest BCUT2D eigenvalue weighted by atomic mass is 35.5. The van der Waals surface area contributed by atoms with Gasteiger partial charge < -0.3 is 14.8 Å². The summed E-state index contributed by atoms with van der Waals surface area (Å²) in [6.45, 7) is 1.53. The van der Waals surface area contributed by atoms with E-state index in [0.717, 1.165) is 5.56 Å². The smallest absolute Gasteiger partial charge is 0.336 e. The first-order chi connectivity index (χ1) is 14.9. The standard InChI is InChI=1S/C23H16Cl2N2O4/c1-11-17(23(29)30-2)18(12-9-15(24)22(16(25)10-12)31-8-7-26)19-20(27-11)13-5-3-4-6-14(13)21(19)28/h3-6,9-10,18,27H,8H2,1-2H3/t18-/m0/s1. The van der Waals surface area contributed by atoms with Crippen LogP contribution in [0.3, 0.4) is 0 Å². The fourth-order valence-corrected chi connectivity index (χ4v) is 4.64. The molecule has 1 aliphatic heterocycles. The summed E-state index contributed by atoms with van der Waals surface area (Å²) in [6, 6.07) is 12.3. The first-order valence-corrected chi connectivity index (χ1v) is 10.1. The number of nitrogens with zero attached hydrogens (tertiary/aromatic N) is 1. The molecule has 0 bridgehead atoms. The van der Waals surface area contributed by atoms with Crippen LogP contribution < -0.4 is 10.1 Å². The van der Waals surface area contributed by atoms with E-state index in [1.807, 2.05) is 18.2 Å². The number of methoxy groups -OCH3 is 1. The molecule has 2 aliphatic rings. The Bertz CT molecular complexity index is 1220. The first-order valence-electron chi connectivity index (χ1n) is 9.32. The average molecular weight is 455 g/mol. The molecule has 4 rings (SSSR count). The highest BCUT2D eigenvalue weighted by Gasteiger charge is 2.43. The van der Waals surface area contributed by atoms with Gasteiger partial charge in [0.15, 0.2) is 18.1 Å². The van der Waals surface area contributed by atoms with Crippen molar-refractivity contribution >= 4 is 40.7 Å². The number of hydrogen-bond acceptors (Lipinski definition) is 6. The lowest BCUT2D eigenvalue weighted by atomic mass is 9.80. The highest BCUT2D eigenvalue weighted by Crippen LogP contribution is 2.48. The van der Waals surface area contributed by atoms with Gasteiger partial charge >= 0.3 is 5.97 Å². The Kier molecular flexibility index (Phi) is 5.48. The zero-order chi connectivity index (χ0) is 22.3. The van der Waals surface area contributed by atoms with Gasteiger partial charge in [0, 0.05) is 28.3 Å². The molecule has 8 heteroatoms. The molecule has 2 aromatic carbocycles. The molecule has 0 radical (unpaired) electrons. The summed E-state index contributed by atoms with van der Waals surface area (Å²) in [5.74, 6) is -1.34. The molecular formula is C23H16Cl2N2O4. The van der Waals surface area contributed by atoms with Gasteiger partial charge in [-0.2, -0.15) is 5.26 Å². The van der Waals surface area contributed by atoms with E-state index in [9.17, 15) is 9.59 Å². The highest BCUT2D eigenvalue weighted by molar-refractivity contribution is 6.37. The van der Waals surface area contributed by atoms with E-state index in [2.05, 4.69) is 5.32 Å². The van der Waals surface area contributed by atoms with Gasteiger partial charge in [0.05, 0.1) is 28.4 Å². The molecule has 0 aromatic heterocycles. The summed E-state index contributed by atoms with van der Waals surface area (Å²) in [4.78, 5) is 26.1. The van der Waals surface area contributed by atoms with Crippen LogP contribution in [0.4, 0.5) is 0 Å². The second-order valence-electron chi connectivity index (χ2n) is 7.01. The number of allylic oxidation sites excluding steroid dienone is 2. The Morgan fingerprint density at radius 2 is 1.84 bits per heavy atom. The van der Waals surface area contributed by atoms with E-state index in [1.165, 1.54) is 7.11 Å². The minimum Gasteiger partial charge on any atom is -0.476 e. The van der Waals surface area contributed by atoms with Gasteiger partial charge in [-0.15, -0.1) is 0 Å². The molecular weight excluding hydrogens is 439 g/mol. The lowest BCUT2D eigenvalue weighted by molar-refractivity contribution is -0.136. The van der Waals surface area contributed by atoms with Crippen LogP contribution in [0.15, 0.2) is 53.2 Å². The monoisotopic (exact) mass is 454 g/mol. The van der Waals surface area contributed by atoms with Gasteiger partial charge in [-0.1, -0.05) is 47.5 Å². The SMILES string of the molecule is COC(=O)C1=C(C)NC2=C(C(=O)c3ccccc32)[C@H]1c1cc(Cl)c(OCC#N)c(Cl)c1. The third-order valence-corrected chi connectivity index (χ3v) is 5.85. The van der Waals surface area contributed by atoms with Crippen LogP contribution in [0.2, 0.25) is 10.0 Å². The molecule has 156 valence electrons. The van der Waals surface area contributed by atoms with Crippen molar-refractivity contribution in [2.24, 2.45) is 0 Å². The number of ketones is 1. The number of carbonyl (C=O) groups excluding carboxylic acids is 2. The van der Waals surface area contributed by atoms with Crippen molar-refractivity contribution in [3.05, 3.63) is 80.0 Å². The van der Waals surface area contributed by atoms with Gasteiger partial charge in [0.1, 0.15) is 6.07 Å². The van der Waals surface area contributed by atoms with Gasteiger partial charge in [0.25, 0.3) is 0 Å². The average Bonchev–Trinajstić information content (AvgIpc) is 3.03. The Labute approximate surface area is 188 Å². The molecule has 0 amide bonds. The fourth-order valence-electron chi connectivity index (χ4n) is 4.03. The quantitative estimate of drug-likeness (QED) is 0.676. The number of nitriles is 1. The largest absolute Gasteiger partial charge is 0.476 e. The lowest BCUT2D eigenvalue weighted by Crippen LogP contribution is -2.29. The summed E-state index contributed by atoms with van der Waals surface area (Å²) in [7, 11) is 1.29. The first kappa shape index (κ1) is 21.0. The number of nitrogens with one attached hydrogen (secondary N) is 1. The zero-order valence-electron chi connectivity index (χ0n) is 16.6. The van der Waals surface area contributed by atoms with Crippen molar-refractivity contribution in [2.45, 2.75) is 12.8 Å². The molecule has 0 fully saturated rings. The molecule has 6 nitrogen and oxygen atoms in total. The number of fused-ring (bicyclic) bond motifs is 2. The van der Waals surface area contributed by atoms with Gasteiger partial charge in [-0.3, -0.25) is 4.79 Å². The maximum Gasteiger partial charge on any atom is 0.336 e. The molecule has 1 aliphatic carbocycles. The maximum atomic E-state index is 13.4. The van der Waals surface area contributed by atoms with Crippen LogP contribution >= 0.6 is 23.2 Å². The van der Waals surface area contributed by atoms with Gasteiger partial charge in [0.2, 0.25) is 0 Å². The Balaban J connectivity index is 1.92. The third kappa shape index (κ3) is 3.36. The number of benzene rings is 2. The van der Waals surface area contributed by atoms with Crippen LogP contribution in [-0.4, -0.2) is 25.5 Å². The fraction of sp³-hybridized carbons (Fsp3) is 0.174.